The Hall–Kier alpha value is -2.34. The summed E-state index contributed by atoms with van der Waals surface area (Å²) in [5.74, 6) is -0.394. The Bertz CT molecular complexity index is 914. The van der Waals surface area contributed by atoms with Crippen molar-refractivity contribution in [2.24, 2.45) is 11.8 Å². The second-order valence-electron chi connectivity index (χ2n) is 8.31. The molecule has 1 N–H and O–H groups in total. The lowest BCUT2D eigenvalue weighted by atomic mass is 9.82. The Morgan fingerprint density at radius 2 is 1.90 bits per heavy atom. The van der Waals surface area contributed by atoms with Crippen LogP contribution in [0.15, 0.2) is 24.4 Å². The van der Waals surface area contributed by atoms with Crippen LogP contribution in [-0.4, -0.2) is 32.8 Å². The number of anilines is 1. The fourth-order valence-corrected chi connectivity index (χ4v) is 4.02. The number of halogens is 1. The van der Waals surface area contributed by atoms with Crippen LogP contribution in [0, 0.1) is 18.8 Å². The Balaban J connectivity index is 2.01. The van der Waals surface area contributed by atoms with Gasteiger partial charge in [-0.2, -0.15) is 0 Å². The second kappa shape index (κ2) is 8.57. The van der Waals surface area contributed by atoms with E-state index in [-0.39, 0.29) is 29.2 Å². The largest absolute Gasteiger partial charge is 0.477 e. The zero-order valence-corrected chi connectivity index (χ0v) is 18.1. The van der Waals surface area contributed by atoms with Gasteiger partial charge in [-0.25, -0.2) is 9.48 Å². The molecule has 0 atom stereocenters. The summed E-state index contributed by atoms with van der Waals surface area (Å²) in [6.07, 6.45) is 5.18. The highest BCUT2D eigenvalue weighted by Crippen LogP contribution is 2.33. The monoisotopic (exact) mass is 417 g/mol. The Morgan fingerprint density at radius 1 is 1.24 bits per heavy atom. The third kappa shape index (κ3) is 4.47. The molecule has 1 aromatic heterocycles. The number of hydrogen-bond donors (Lipinski definition) is 1. The van der Waals surface area contributed by atoms with Crippen LogP contribution in [0.4, 0.5) is 5.82 Å². The van der Waals surface area contributed by atoms with Gasteiger partial charge in [-0.3, -0.25) is 9.69 Å². The molecule has 0 unspecified atom stereocenters. The Kier molecular flexibility index (Phi) is 6.32. The van der Waals surface area contributed by atoms with Crippen LogP contribution < -0.4 is 4.90 Å². The minimum absolute atomic E-state index is 0.0174. The fourth-order valence-electron chi connectivity index (χ4n) is 3.90. The number of amides is 1. The van der Waals surface area contributed by atoms with Crippen LogP contribution in [-0.2, 0) is 4.79 Å². The van der Waals surface area contributed by atoms with Crippen molar-refractivity contribution in [2.75, 3.05) is 4.90 Å². The van der Waals surface area contributed by atoms with Crippen molar-refractivity contribution >= 4 is 29.3 Å². The van der Waals surface area contributed by atoms with Crippen LogP contribution in [0.25, 0.3) is 5.69 Å². The van der Waals surface area contributed by atoms with Gasteiger partial charge in [-0.1, -0.05) is 18.5 Å². The summed E-state index contributed by atoms with van der Waals surface area (Å²) >= 11 is 6.11. The third-order valence-electron chi connectivity index (χ3n) is 5.68. The van der Waals surface area contributed by atoms with Crippen molar-refractivity contribution in [3.05, 3.63) is 40.5 Å². The molecule has 1 amide bonds. The van der Waals surface area contributed by atoms with Gasteiger partial charge in [-0.15, -0.1) is 5.10 Å². The molecule has 7 heteroatoms. The van der Waals surface area contributed by atoms with E-state index in [1.54, 1.807) is 17.0 Å². The van der Waals surface area contributed by atoms with E-state index in [1.165, 1.54) is 10.9 Å². The van der Waals surface area contributed by atoms with E-state index < -0.39 is 5.97 Å². The summed E-state index contributed by atoms with van der Waals surface area (Å²) in [6.45, 7) is 7.86. The van der Waals surface area contributed by atoms with Crippen LogP contribution in [0.5, 0.6) is 0 Å². The molecule has 0 spiro atoms. The van der Waals surface area contributed by atoms with Gasteiger partial charge in [0.1, 0.15) is 5.56 Å². The quantitative estimate of drug-likeness (QED) is 0.734. The maximum absolute atomic E-state index is 13.3. The summed E-state index contributed by atoms with van der Waals surface area (Å²) in [6, 6.07) is 5.18. The highest BCUT2D eigenvalue weighted by molar-refractivity contribution is 6.31. The van der Waals surface area contributed by atoms with E-state index in [0.29, 0.717) is 16.6 Å². The lowest BCUT2D eigenvalue weighted by Crippen LogP contribution is -2.43. The number of benzene rings is 1. The minimum Gasteiger partial charge on any atom is -0.477 e. The van der Waals surface area contributed by atoms with Crippen molar-refractivity contribution in [1.29, 1.82) is 0 Å². The molecule has 0 saturated heterocycles. The van der Waals surface area contributed by atoms with Crippen LogP contribution in [0.2, 0.25) is 5.02 Å². The smallest absolute Gasteiger partial charge is 0.341 e. The SMILES string of the molecule is Cc1cc(-n2cc(C(=O)O)c(N(C(=O)C3CCC(C)CC3)C(C)C)n2)ccc1Cl. The Labute approximate surface area is 176 Å². The van der Waals surface area contributed by atoms with Crippen molar-refractivity contribution in [3.63, 3.8) is 0 Å². The average Bonchev–Trinajstić information content (AvgIpc) is 3.09. The van der Waals surface area contributed by atoms with Crippen molar-refractivity contribution in [2.45, 2.75) is 59.4 Å². The summed E-state index contributed by atoms with van der Waals surface area (Å²) in [4.78, 5) is 26.8. The van der Waals surface area contributed by atoms with E-state index in [4.69, 9.17) is 11.6 Å². The molecule has 1 aromatic carbocycles. The molecule has 1 saturated carbocycles. The van der Waals surface area contributed by atoms with Crippen LogP contribution in [0.1, 0.15) is 62.4 Å². The van der Waals surface area contributed by atoms with Crippen molar-refractivity contribution < 1.29 is 14.7 Å². The number of aromatic carboxylic acids is 1. The van der Waals surface area contributed by atoms with Gasteiger partial charge < -0.3 is 5.11 Å². The first-order valence-electron chi connectivity index (χ1n) is 10.1. The number of aryl methyl sites for hydroxylation is 1. The predicted molar refractivity (Wildman–Crippen MR) is 114 cm³/mol. The number of aromatic nitrogens is 2. The van der Waals surface area contributed by atoms with E-state index >= 15 is 0 Å². The molecule has 1 aliphatic rings. The van der Waals surface area contributed by atoms with Gasteiger partial charge in [0.25, 0.3) is 0 Å². The molecule has 2 aromatic rings. The highest BCUT2D eigenvalue weighted by Gasteiger charge is 2.34. The molecule has 0 radical (unpaired) electrons. The molecule has 0 bridgehead atoms. The van der Waals surface area contributed by atoms with Gasteiger partial charge in [0, 0.05) is 23.2 Å². The van der Waals surface area contributed by atoms with E-state index in [0.717, 1.165) is 31.2 Å². The zero-order chi connectivity index (χ0) is 21.3. The maximum atomic E-state index is 13.3. The first-order chi connectivity index (χ1) is 13.7. The minimum atomic E-state index is -1.10. The molecule has 3 rings (SSSR count). The highest BCUT2D eigenvalue weighted by atomic mass is 35.5. The fraction of sp³-hybridized carbons (Fsp3) is 0.500. The maximum Gasteiger partial charge on any atom is 0.341 e. The molecule has 1 aliphatic carbocycles. The average molecular weight is 418 g/mol. The van der Waals surface area contributed by atoms with Gasteiger partial charge in [0.15, 0.2) is 5.82 Å². The lowest BCUT2D eigenvalue weighted by Gasteiger charge is -2.32. The summed E-state index contributed by atoms with van der Waals surface area (Å²) in [5.41, 5.74) is 1.58. The Morgan fingerprint density at radius 3 is 2.45 bits per heavy atom. The molecule has 1 heterocycles. The first-order valence-corrected chi connectivity index (χ1v) is 10.5. The molecule has 1 fully saturated rings. The van der Waals surface area contributed by atoms with E-state index in [2.05, 4.69) is 12.0 Å². The topological polar surface area (TPSA) is 75.4 Å². The molecular weight excluding hydrogens is 390 g/mol. The van der Waals surface area contributed by atoms with E-state index in [1.807, 2.05) is 26.8 Å². The lowest BCUT2D eigenvalue weighted by molar-refractivity contribution is -0.123. The molecule has 29 heavy (non-hydrogen) atoms. The number of rotatable bonds is 5. The molecule has 156 valence electrons. The number of carbonyl (C=O) groups is 2. The van der Waals surface area contributed by atoms with Crippen LogP contribution in [0.3, 0.4) is 0 Å². The normalized spacial score (nSPS) is 19.4. The van der Waals surface area contributed by atoms with Crippen molar-refractivity contribution in [3.8, 4) is 5.69 Å². The number of carboxylic acids is 1. The summed E-state index contributed by atoms with van der Waals surface area (Å²) in [7, 11) is 0. The zero-order valence-electron chi connectivity index (χ0n) is 17.4. The second-order valence-corrected chi connectivity index (χ2v) is 8.72. The number of carbonyl (C=O) groups excluding carboxylic acids is 1. The summed E-state index contributed by atoms with van der Waals surface area (Å²) < 4.78 is 1.51. The van der Waals surface area contributed by atoms with Gasteiger partial charge >= 0.3 is 5.97 Å². The third-order valence-corrected chi connectivity index (χ3v) is 6.10. The summed E-state index contributed by atoms with van der Waals surface area (Å²) in [5, 5.41) is 14.9. The van der Waals surface area contributed by atoms with Gasteiger partial charge in [-0.05, 0) is 76.1 Å². The molecular formula is C22H28ClN3O3. The standard InChI is InChI=1S/C22H28ClN3O3/c1-13(2)26(21(27)16-7-5-14(3)6-8-16)20-18(22(28)29)12-25(24-20)17-9-10-19(23)15(4)11-17/h9-14,16H,5-8H2,1-4H3,(H,28,29). The first kappa shape index (κ1) is 21.4. The van der Waals surface area contributed by atoms with Crippen molar-refractivity contribution in [1.82, 2.24) is 9.78 Å². The number of carboxylic acid groups (broad SMARTS) is 1. The number of hydrogen-bond acceptors (Lipinski definition) is 3. The molecule has 0 aliphatic heterocycles. The van der Waals surface area contributed by atoms with Gasteiger partial charge in [0.05, 0.1) is 5.69 Å². The van der Waals surface area contributed by atoms with E-state index in [9.17, 15) is 14.7 Å². The number of nitrogens with zero attached hydrogens (tertiary/aromatic N) is 3. The molecule has 6 nitrogen and oxygen atoms in total. The van der Waals surface area contributed by atoms with Gasteiger partial charge in [0.2, 0.25) is 5.91 Å². The van der Waals surface area contributed by atoms with Crippen LogP contribution >= 0.6 is 11.6 Å². The predicted octanol–water partition coefficient (Wildman–Crippen LogP) is 5.10.